The molecule has 0 aliphatic carbocycles. The molecule has 20 heavy (non-hydrogen) atoms. The molecule has 0 heterocycles. The van der Waals surface area contributed by atoms with E-state index in [1.807, 2.05) is 54.6 Å². The number of hydrogen-bond donors (Lipinski definition) is 1. The van der Waals surface area contributed by atoms with Gasteiger partial charge in [0, 0.05) is 16.7 Å². The molecule has 1 amide bonds. The van der Waals surface area contributed by atoms with Gasteiger partial charge in [-0.25, -0.2) is 0 Å². The molecule has 0 aromatic heterocycles. The summed E-state index contributed by atoms with van der Waals surface area (Å²) in [6.07, 6.45) is 2.55. The molecule has 102 valence electrons. The molecule has 0 unspecified atom stereocenters. The Morgan fingerprint density at radius 2 is 1.80 bits per heavy atom. The fourth-order valence-corrected chi connectivity index (χ4v) is 2.34. The first-order chi connectivity index (χ1) is 9.78. The van der Waals surface area contributed by atoms with E-state index < -0.39 is 0 Å². The van der Waals surface area contributed by atoms with E-state index in [0.29, 0.717) is 0 Å². The summed E-state index contributed by atoms with van der Waals surface area (Å²) < 4.78 is 0. The standard InChI is InChI=1S/C17H17NOS/c1-2-14-8-10-15(11-9-14)18-17(19)12-13-20-16-6-4-3-5-7-16/h3-13H,2H2,1H3,(H,18,19)/b13-12+. The maximum Gasteiger partial charge on any atom is 0.248 e. The van der Waals surface area contributed by atoms with Crippen molar-refractivity contribution in [2.75, 3.05) is 5.32 Å². The smallest absolute Gasteiger partial charge is 0.248 e. The van der Waals surface area contributed by atoms with Gasteiger partial charge in [0.25, 0.3) is 0 Å². The SMILES string of the molecule is CCc1ccc(NC(=O)/C=C/Sc2ccccc2)cc1. The molecule has 0 aliphatic rings. The van der Waals surface area contributed by atoms with E-state index in [9.17, 15) is 4.79 Å². The molecule has 0 aliphatic heterocycles. The van der Waals surface area contributed by atoms with Crippen molar-refractivity contribution < 1.29 is 4.79 Å². The van der Waals surface area contributed by atoms with E-state index in [-0.39, 0.29) is 5.91 Å². The maximum absolute atomic E-state index is 11.7. The van der Waals surface area contributed by atoms with Gasteiger partial charge in [-0.15, -0.1) is 0 Å². The monoisotopic (exact) mass is 283 g/mol. The molecule has 2 nitrogen and oxygen atoms in total. The summed E-state index contributed by atoms with van der Waals surface area (Å²) in [6.45, 7) is 2.11. The molecule has 0 radical (unpaired) electrons. The highest BCUT2D eigenvalue weighted by molar-refractivity contribution is 8.02. The Hall–Kier alpha value is -2.00. The molecule has 2 rings (SSSR count). The summed E-state index contributed by atoms with van der Waals surface area (Å²) in [6, 6.07) is 17.9. The summed E-state index contributed by atoms with van der Waals surface area (Å²) in [5.74, 6) is -0.113. The summed E-state index contributed by atoms with van der Waals surface area (Å²) in [5.41, 5.74) is 2.08. The second-order valence-corrected chi connectivity index (χ2v) is 5.25. The lowest BCUT2D eigenvalue weighted by molar-refractivity contribution is -0.111. The lowest BCUT2D eigenvalue weighted by atomic mass is 10.1. The zero-order valence-electron chi connectivity index (χ0n) is 11.4. The van der Waals surface area contributed by atoms with Gasteiger partial charge in [0.05, 0.1) is 0 Å². The number of anilines is 1. The van der Waals surface area contributed by atoms with Crippen molar-refractivity contribution in [2.24, 2.45) is 0 Å². The predicted molar refractivity (Wildman–Crippen MR) is 85.9 cm³/mol. The number of nitrogens with one attached hydrogen (secondary N) is 1. The summed E-state index contributed by atoms with van der Waals surface area (Å²) in [7, 11) is 0. The van der Waals surface area contributed by atoms with Gasteiger partial charge >= 0.3 is 0 Å². The van der Waals surface area contributed by atoms with Crippen LogP contribution in [0.1, 0.15) is 12.5 Å². The zero-order chi connectivity index (χ0) is 14.2. The Bertz CT molecular complexity index is 576. The van der Waals surface area contributed by atoms with Crippen LogP contribution in [0.2, 0.25) is 0 Å². The van der Waals surface area contributed by atoms with Gasteiger partial charge in [-0.05, 0) is 41.7 Å². The largest absolute Gasteiger partial charge is 0.322 e. The fourth-order valence-electron chi connectivity index (χ4n) is 1.68. The van der Waals surface area contributed by atoms with Crippen molar-refractivity contribution in [3.05, 3.63) is 71.6 Å². The number of carbonyl (C=O) groups excluding carboxylic acids is 1. The van der Waals surface area contributed by atoms with Crippen molar-refractivity contribution in [3.8, 4) is 0 Å². The first-order valence-electron chi connectivity index (χ1n) is 6.56. The van der Waals surface area contributed by atoms with Crippen LogP contribution in [0.15, 0.2) is 71.0 Å². The minimum absolute atomic E-state index is 0.113. The Morgan fingerprint density at radius 3 is 2.45 bits per heavy atom. The summed E-state index contributed by atoms with van der Waals surface area (Å²) in [4.78, 5) is 12.9. The molecule has 0 atom stereocenters. The minimum Gasteiger partial charge on any atom is -0.322 e. The van der Waals surface area contributed by atoms with E-state index in [4.69, 9.17) is 0 Å². The van der Waals surface area contributed by atoms with Crippen molar-refractivity contribution >= 4 is 23.4 Å². The Labute approximate surface area is 123 Å². The van der Waals surface area contributed by atoms with Crippen LogP contribution in [0, 0.1) is 0 Å². The van der Waals surface area contributed by atoms with Gasteiger partial charge in [0.1, 0.15) is 0 Å². The van der Waals surface area contributed by atoms with Crippen LogP contribution in [0.4, 0.5) is 5.69 Å². The third kappa shape index (κ3) is 4.59. The quantitative estimate of drug-likeness (QED) is 0.647. The third-order valence-corrected chi connectivity index (χ3v) is 3.61. The van der Waals surface area contributed by atoms with Gasteiger partial charge in [-0.1, -0.05) is 49.0 Å². The van der Waals surface area contributed by atoms with Crippen LogP contribution in [0.5, 0.6) is 0 Å². The number of rotatable bonds is 5. The Balaban J connectivity index is 1.85. The second kappa shape index (κ2) is 7.56. The number of benzene rings is 2. The van der Waals surface area contributed by atoms with Crippen LogP contribution in [-0.2, 0) is 11.2 Å². The molecule has 0 spiro atoms. The van der Waals surface area contributed by atoms with Gasteiger partial charge in [-0.3, -0.25) is 4.79 Å². The van der Waals surface area contributed by atoms with Crippen LogP contribution >= 0.6 is 11.8 Å². The third-order valence-electron chi connectivity index (χ3n) is 2.80. The van der Waals surface area contributed by atoms with Crippen LogP contribution in [0.3, 0.4) is 0 Å². The number of aryl methyl sites for hydroxylation is 1. The molecular formula is C17H17NOS. The molecule has 2 aromatic carbocycles. The van der Waals surface area contributed by atoms with Crippen molar-refractivity contribution in [2.45, 2.75) is 18.2 Å². The first-order valence-corrected chi connectivity index (χ1v) is 7.44. The second-order valence-electron chi connectivity index (χ2n) is 4.27. The topological polar surface area (TPSA) is 29.1 Å². The maximum atomic E-state index is 11.7. The highest BCUT2D eigenvalue weighted by Gasteiger charge is 1.97. The molecule has 1 N–H and O–H groups in total. The van der Waals surface area contributed by atoms with Gasteiger partial charge < -0.3 is 5.32 Å². The Morgan fingerprint density at radius 1 is 1.10 bits per heavy atom. The average molecular weight is 283 g/mol. The van der Waals surface area contributed by atoms with Crippen LogP contribution in [0.25, 0.3) is 0 Å². The predicted octanol–water partition coefficient (Wildman–Crippen LogP) is 4.49. The summed E-state index contributed by atoms with van der Waals surface area (Å²) in [5, 5.41) is 4.64. The zero-order valence-corrected chi connectivity index (χ0v) is 12.2. The molecule has 3 heteroatoms. The minimum atomic E-state index is -0.113. The van der Waals surface area contributed by atoms with E-state index >= 15 is 0 Å². The molecular weight excluding hydrogens is 266 g/mol. The van der Waals surface area contributed by atoms with E-state index in [1.54, 1.807) is 11.5 Å². The fraction of sp³-hybridized carbons (Fsp3) is 0.118. The normalized spacial score (nSPS) is 10.7. The van der Waals surface area contributed by atoms with Crippen molar-refractivity contribution in [1.29, 1.82) is 0 Å². The van der Waals surface area contributed by atoms with E-state index in [0.717, 1.165) is 17.0 Å². The highest BCUT2D eigenvalue weighted by atomic mass is 32.2. The summed E-state index contributed by atoms with van der Waals surface area (Å²) >= 11 is 1.52. The van der Waals surface area contributed by atoms with Gasteiger partial charge in [-0.2, -0.15) is 0 Å². The highest BCUT2D eigenvalue weighted by Crippen LogP contribution is 2.18. The number of hydrogen-bond acceptors (Lipinski definition) is 2. The van der Waals surface area contributed by atoms with Crippen molar-refractivity contribution in [1.82, 2.24) is 0 Å². The van der Waals surface area contributed by atoms with E-state index in [2.05, 4.69) is 12.2 Å². The van der Waals surface area contributed by atoms with E-state index in [1.165, 1.54) is 17.3 Å². The van der Waals surface area contributed by atoms with Gasteiger partial charge in [0.2, 0.25) is 5.91 Å². The van der Waals surface area contributed by atoms with Crippen LogP contribution < -0.4 is 5.32 Å². The lowest BCUT2D eigenvalue weighted by Gasteiger charge is -2.03. The first kappa shape index (κ1) is 14.4. The molecule has 0 fully saturated rings. The molecule has 0 bridgehead atoms. The molecule has 0 saturated heterocycles. The molecule has 0 saturated carbocycles. The number of thioether (sulfide) groups is 1. The number of carbonyl (C=O) groups is 1. The average Bonchev–Trinajstić information content (AvgIpc) is 2.49. The molecule has 2 aromatic rings. The van der Waals surface area contributed by atoms with Gasteiger partial charge in [0.15, 0.2) is 0 Å². The Kier molecular flexibility index (Phi) is 5.44. The lowest BCUT2D eigenvalue weighted by Crippen LogP contribution is -2.07. The number of amides is 1. The van der Waals surface area contributed by atoms with Crippen molar-refractivity contribution in [3.63, 3.8) is 0 Å². The van der Waals surface area contributed by atoms with Crippen LogP contribution in [-0.4, -0.2) is 5.91 Å².